The molecule has 0 aromatic heterocycles. The fourth-order valence-corrected chi connectivity index (χ4v) is 3.58. The second-order valence-electron chi connectivity index (χ2n) is 5.71. The minimum atomic E-state index is -3.97. The molecule has 3 aromatic rings. The Kier molecular flexibility index (Phi) is 5.43. The van der Waals surface area contributed by atoms with E-state index in [4.69, 9.17) is 0 Å². The molecule has 27 heavy (non-hydrogen) atoms. The molecule has 0 atom stereocenters. The maximum atomic E-state index is 14.8. The minimum absolute atomic E-state index is 0.0446. The van der Waals surface area contributed by atoms with Gasteiger partial charge in [0.25, 0.3) is 0 Å². The lowest BCUT2D eigenvalue weighted by atomic mass is 9.99. The topological polar surface area (TPSA) is 63.2 Å². The molecule has 0 bridgehead atoms. The van der Waals surface area contributed by atoms with E-state index in [1.807, 2.05) is 0 Å². The third kappa shape index (κ3) is 4.10. The summed E-state index contributed by atoms with van der Waals surface area (Å²) in [6.45, 7) is -0.761. The molecule has 0 saturated heterocycles. The molecule has 0 heterocycles. The van der Waals surface area contributed by atoms with Crippen LogP contribution < -0.4 is 4.72 Å². The highest BCUT2D eigenvalue weighted by atomic mass is 32.2. The van der Waals surface area contributed by atoms with Gasteiger partial charge in [0.15, 0.2) is 5.78 Å². The van der Waals surface area contributed by atoms with Crippen molar-refractivity contribution in [3.63, 3.8) is 0 Å². The van der Waals surface area contributed by atoms with Crippen molar-refractivity contribution in [1.82, 2.24) is 4.72 Å². The predicted molar refractivity (Wildman–Crippen MR) is 97.8 cm³/mol. The van der Waals surface area contributed by atoms with Gasteiger partial charge in [0, 0.05) is 5.56 Å². The lowest BCUT2D eigenvalue weighted by Crippen LogP contribution is -2.30. The molecule has 0 aliphatic carbocycles. The van der Waals surface area contributed by atoms with Crippen LogP contribution in [0.1, 0.15) is 10.4 Å². The van der Waals surface area contributed by atoms with Crippen LogP contribution in [0.15, 0.2) is 77.7 Å². The van der Waals surface area contributed by atoms with Crippen molar-refractivity contribution < 1.29 is 22.0 Å². The van der Waals surface area contributed by atoms with Gasteiger partial charge in [-0.15, -0.1) is 0 Å². The van der Waals surface area contributed by atoms with Crippen LogP contribution in [0.2, 0.25) is 0 Å². The number of hydrogen-bond acceptors (Lipinski definition) is 3. The van der Waals surface area contributed by atoms with Crippen LogP contribution in [-0.4, -0.2) is 20.7 Å². The number of carbonyl (C=O) groups excluding carboxylic acids is 1. The molecule has 138 valence electrons. The Labute approximate surface area is 155 Å². The summed E-state index contributed by atoms with van der Waals surface area (Å²) < 4.78 is 55.3. The van der Waals surface area contributed by atoms with Crippen LogP contribution in [0, 0.1) is 11.6 Å². The molecule has 3 aromatic carbocycles. The van der Waals surface area contributed by atoms with Gasteiger partial charge in [0.2, 0.25) is 10.0 Å². The summed E-state index contributed by atoms with van der Waals surface area (Å²) in [4.78, 5) is 12.3. The molecule has 4 nitrogen and oxygen atoms in total. The molecule has 0 fully saturated rings. The number of benzene rings is 3. The van der Waals surface area contributed by atoms with E-state index in [1.54, 1.807) is 36.4 Å². The summed E-state index contributed by atoms with van der Waals surface area (Å²) in [5.74, 6) is -3.07. The number of ketones is 1. The van der Waals surface area contributed by atoms with E-state index in [9.17, 15) is 22.0 Å². The monoisotopic (exact) mass is 387 g/mol. The Morgan fingerprint density at radius 1 is 0.852 bits per heavy atom. The van der Waals surface area contributed by atoms with Gasteiger partial charge in [-0.2, -0.15) is 0 Å². The van der Waals surface area contributed by atoms with E-state index < -0.39 is 39.5 Å². The van der Waals surface area contributed by atoms with Gasteiger partial charge in [-0.05, 0) is 29.8 Å². The third-order valence-electron chi connectivity index (χ3n) is 3.93. The van der Waals surface area contributed by atoms with Crippen LogP contribution in [0.4, 0.5) is 8.78 Å². The first kappa shape index (κ1) is 18.9. The first-order chi connectivity index (χ1) is 12.9. The van der Waals surface area contributed by atoms with Crippen molar-refractivity contribution in [2.75, 3.05) is 6.54 Å². The summed E-state index contributed by atoms with van der Waals surface area (Å²) in [6.07, 6.45) is 0. The molecule has 0 aliphatic heterocycles. The van der Waals surface area contributed by atoms with Crippen LogP contribution in [0.3, 0.4) is 0 Å². The van der Waals surface area contributed by atoms with Gasteiger partial charge in [0.1, 0.15) is 11.6 Å². The Morgan fingerprint density at radius 3 is 2.07 bits per heavy atom. The van der Waals surface area contributed by atoms with Crippen LogP contribution >= 0.6 is 0 Å². The lowest BCUT2D eigenvalue weighted by molar-refractivity contribution is 0.0989. The fraction of sp³-hybridized carbons (Fsp3) is 0.0500. The normalized spacial score (nSPS) is 11.3. The van der Waals surface area contributed by atoms with E-state index >= 15 is 0 Å². The minimum Gasteiger partial charge on any atom is -0.292 e. The second kappa shape index (κ2) is 7.77. The van der Waals surface area contributed by atoms with E-state index in [2.05, 4.69) is 4.72 Å². The average molecular weight is 387 g/mol. The third-order valence-corrected chi connectivity index (χ3v) is 5.35. The molecule has 0 unspecified atom stereocenters. The zero-order chi connectivity index (χ0) is 19.4. The van der Waals surface area contributed by atoms with Crippen LogP contribution in [0.25, 0.3) is 11.1 Å². The average Bonchev–Trinajstić information content (AvgIpc) is 2.68. The maximum absolute atomic E-state index is 14.8. The molecule has 1 N–H and O–H groups in total. The number of hydrogen-bond donors (Lipinski definition) is 1. The zero-order valence-corrected chi connectivity index (χ0v) is 14.8. The summed E-state index contributed by atoms with van der Waals surface area (Å²) in [6, 6.07) is 18.0. The molecular formula is C20H15F2NO3S. The molecule has 0 saturated carbocycles. The quantitative estimate of drug-likeness (QED) is 0.655. The van der Waals surface area contributed by atoms with Crippen molar-refractivity contribution >= 4 is 15.8 Å². The highest BCUT2D eigenvalue weighted by Crippen LogP contribution is 2.27. The Balaban J connectivity index is 1.87. The first-order valence-electron chi connectivity index (χ1n) is 8.01. The van der Waals surface area contributed by atoms with Gasteiger partial charge in [0.05, 0.1) is 17.0 Å². The number of Topliss-reactive ketones (excluding diaryl/α,β-unsaturated/α-hetero) is 1. The van der Waals surface area contributed by atoms with Crippen molar-refractivity contribution in [3.05, 3.63) is 90.0 Å². The molecule has 0 amide bonds. The Bertz CT molecular complexity index is 1070. The molecule has 0 spiro atoms. The van der Waals surface area contributed by atoms with Gasteiger partial charge in [-0.25, -0.2) is 21.9 Å². The molecule has 3 rings (SSSR count). The van der Waals surface area contributed by atoms with Crippen molar-refractivity contribution in [1.29, 1.82) is 0 Å². The number of rotatable bonds is 6. The summed E-state index contributed by atoms with van der Waals surface area (Å²) in [5, 5.41) is 0. The van der Waals surface area contributed by atoms with Crippen molar-refractivity contribution in [3.8, 4) is 11.1 Å². The smallest absolute Gasteiger partial charge is 0.240 e. The highest BCUT2D eigenvalue weighted by molar-refractivity contribution is 7.89. The lowest BCUT2D eigenvalue weighted by Gasteiger charge is -2.10. The number of carbonyl (C=O) groups is 1. The van der Waals surface area contributed by atoms with Gasteiger partial charge < -0.3 is 0 Å². The van der Waals surface area contributed by atoms with Crippen molar-refractivity contribution in [2.24, 2.45) is 0 Å². The molecule has 0 aliphatic rings. The SMILES string of the molecule is O=C(CNS(=O)(=O)c1ccccc1)c1c(F)ccc(-c2ccccc2)c1F. The van der Waals surface area contributed by atoms with Gasteiger partial charge in [-0.1, -0.05) is 48.5 Å². The highest BCUT2D eigenvalue weighted by Gasteiger charge is 2.23. The number of sulfonamides is 1. The zero-order valence-electron chi connectivity index (χ0n) is 14.0. The van der Waals surface area contributed by atoms with Crippen LogP contribution in [-0.2, 0) is 10.0 Å². The van der Waals surface area contributed by atoms with E-state index in [0.717, 1.165) is 6.07 Å². The Morgan fingerprint density at radius 2 is 1.44 bits per heavy atom. The van der Waals surface area contributed by atoms with E-state index in [1.165, 1.54) is 30.3 Å². The first-order valence-corrected chi connectivity index (χ1v) is 9.50. The van der Waals surface area contributed by atoms with Crippen molar-refractivity contribution in [2.45, 2.75) is 4.90 Å². The second-order valence-corrected chi connectivity index (χ2v) is 7.48. The Hall–Kier alpha value is -2.90. The molecular weight excluding hydrogens is 372 g/mol. The van der Waals surface area contributed by atoms with Crippen LogP contribution in [0.5, 0.6) is 0 Å². The van der Waals surface area contributed by atoms with E-state index in [-0.39, 0.29) is 10.5 Å². The van der Waals surface area contributed by atoms with Gasteiger partial charge in [-0.3, -0.25) is 4.79 Å². The summed E-state index contributed by atoms with van der Waals surface area (Å²) in [7, 11) is -3.97. The largest absolute Gasteiger partial charge is 0.292 e. The molecule has 7 heteroatoms. The summed E-state index contributed by atoms with van der Waals surface area (Å²) >= 11 is 0. The molecule has 0 radical (unpaired) electrons. The predicted octanol–water partition coefficient (Wildman–Crippen LogP) is 3.79. The number of halogens is 2. The number of nitrogens with one attached hydrogen (secondary N) is 1. The standard InChI is InChI=1S/C20H15F2NO3S/c21-17-12-11-16(14-7-3-1-4-8-14)20(22)19(17)18(24)13-23-27(25,26)15-9-5-2-6-10-15/h1-12,23H,13H2. The maximum Gasteiger partial charge on any atom is 0.240 e. The summed E-state index contributed by atoms with van der Waals surface area (Å²) in [5.41, 5.74) is -0.229. The van der Waals surface area contributed by atoms with E-state index in [0.29, 0.717) is 5.56 Å². The van der Waals surface area contributed by atoms with Gasteiger partial charge >= 0.3 is 0 Å². The fourth-order valence-electron chi connectivity index (χ4n) is 2.58.